The number of benzene rings is 2. The number of rotatable bonds is 7. The van der Waals surface area contributed by atoms with Gasteiger partial charge in [-0.25, -0.2) is 0 Å². The van der Waals surface area contributed by atoms with E-state index >= 15 is 0 Å². The first kappa shape index (κ1) is 21.4. The topological polar surface area (TPSA) is 64.5 Å². The van der Waals surface area contributed by atoms with Crippen molar-refractivity contribution in [2.24, 2.45) is 0 Å². The summed E-state index contributed by atoms with van der Waals surface area (Å²) >= 11 is 25.1. The van der Waals surface area contributed by atoms with Gasteiger partial charge < -0.3 is 20.8 Å². The van der Waals surface area contributed by atoms with E-state index < -0.39 is 0 Å². The number of phenolic OH excluding ortho intramolecular Hbond substituents is 2. The van der Waals surface area contributed by atoms with Gasteiger partial charge >= 0.3 is 0 Å². The first-order valence-corrected chi connectivity index (χ1v) is 9.50. The van der Waals surface area contributed by atoms with E-state index in [0.717, 1.165) is 11.1 Å². The fourth-order valence-electron chi connectivity index (χ4n) is 3.01. The lowest BCUT2D eigenvalue weighted by molar-refractivity contribution is 0.452. The molecule has 0 aliphatic carbocycles. The van der Waals surface area contributed by atoms with Crippen LogP contribution in [-0.2, 0) is 0 Å². The number of halogens is 4. The van der Waals surface area contributed by atoms with Crippen molar-refractivity contribution in [2.75, 3.05) is 14.1 Å². The minimum atomic E-state index is -0.124. The largest absolute Gasteiger partial charge is 0.508 e. The lowest BCUT2D eigenvalue weighted by atomic mass is 9.95. The first-order valence-electron chi connectivity index (χ1n) is 7.98. The van der Waals surface area contributed by atoms with Crippen molar-refractivity contribution in [3.63, 3.8) is 0 Å². The van der Waals surface area contributed by atoms with Crippen LogP contribution in [0, 0.1) is 0 Å². The molecule has 2 rings (SSSR count). The van der Waals surface area contributed by atoms with Crippen molar-refractivity contribution in [1.82, 2.24) is 10.6 Å². The molecule has 8 heteroatoms. The molecule has 0 amide bonds. The van der Waals surface area contributed by atoms with Crippen molar-refractivity contribution >= 4 is 46.4 Å². The Morgan fingerprint density at radius 1 is 0.692 bits per heavy atom. The van der Waals surface area contributed by atoms with Gasteiger partial charge in [0.15, 0.2) is 0 Å². The second-order valence-corrected chi connectivity index (χ2v) is 7.53. The maximum absolute atomic E-state index is 9.61. The number of aromatic hydroxyl groups is 2. The van der Waals surface area contributed by atoms with Crippen LogP contribution in [0.25, 0.3) is 0 Å². The summed E-state index contributed by atoms with van der Waals surface area (Å²) in [5.41, 5.74) is 1.46. The van der Waals surface area contributed by atoms with Crippen molar-refractivity contribution in [1.29, 1.82) is 0 Å². The van der Waals surface area contributed by atoms with Crippen molar-refractivity contribution < 1.29 is 10.2 Å². The Morgan fingerprint density at radius 3 is 1.19 bits per heavy atom. The molecular formula is C18H20Cl4N2O2. The summed E-state index contributed by atoms with van der Waals surface area (Å²) in [5.74, 6) is 0.0451. The summed E-state index contributed by atoms with van der Waals surface area (Å²) < 4.78 is 0. The Balaban J connectivity index is 2.24. The van der Waals surface area contributed by atoms with Gasteiger partial charge in [0.25, 0.3) is 0 Å². The molecule has 2 aromatic carbocycles. The third-order valence-corrected chi connectivity index (χ3v) is 5.52. The molecular weight excluding hydrogens is 418 g/mol. The predicted octanol–water partition coefficient (Wildman–Crippen LogP) is 5.71. The molecule has 0 saturated heterocycles. The average Bonchev–Trinajstić information content (AvgIpc) is 2.53. The van der Waals surface area contributed by atoms with Crippen LogP contribution in [0.2, 0.25) is 20.1 Å². The number of phenols is 2. The third-order valence-electron chi connectivity index (χ3n) is 4.27. The molecule has 0 saturated carbocycles. The summed E-state index contributed by atoms with van der Waals surface area (Å²) in [6.45, 7) is 0. The number of hydrogen-bond donors (Lipinski definition) is 4. The lowest BCUT2D eigenvalue weighted by Crippen LogP contribution is -2.22. The molecule has 4 nitrogen and oxygen atoms in total. The van der Waals surface area contributed by atoms with Crippen molar-refractivity contribution in [3.05, 3.63) is 55.5 Å². The van der Waals surface area contributed by atoms with E-state index in [2.05, 4.69) is 10.6 Å². The Labute approximate surface area is 173 Å². The molecule has 0 aliphatic heterocycles. The van der Waals surface area contributed by atoms with Gasteiger partial charge in [-0.3, -0.25) is 0 Å². The summed E-state index contributed by atoms with van der Waals surface area (Å²) in [4.78, 5) is 0. The van der Waals surface area contributed by atoms with Crippen molar-refractivity contribution in [3.8, 4) is 11.5 Å². The van der Waals surface area contributed by atoms with Gasteiger partial charge in [0.1, 0.15) is 11.5 Å². The Bertz CT molecular complexity index is 674. The zero-order valence-electron chi connectivity index (χ0n) is 14.3. The fourth-order valence-corrected chi connectivity index (χ4v) is 4.48. The summed E-state index contributed by atoms with van der Waals surface area (Å²) in [7, 11) is 3.64. The van der Waals surface area contributed by atoms with Crippen molar-refractivity contribution in [2.45, 2.75) is 24.9 Å². The minimum Gasteiger partial charge on any atom is -0.508 e. The van der Waals surface area contributed by atoms with E-state index in [4.69, 9.17) is 46.4 Å². The van der Waals surface area contributed by atoms with Crippen LogP contribution in [0.1, 0.15) is 36.1 Å². The maximum Gasteiger partial charge on any atom is 0.118 e. The Kier molecular flexibility index (Phi) is 7.71. The highest BCUT2D eigenvalue weighted by Gasteiger charge is 2.22. The predicted molar refractivity (Wildman–Crippen MR) is 109 cm³/mol. The Hall–Kier alpha value is -0.880. The minimum absolute atomic E-state index is 0.0226. The molecule has 0 aliphatic rings. The molecule has 0 spiro atoms. The third kappa shape index (κ3) is 4.89. The highest BCUT2D eigenvalue weighted by molar-refractivity contribution is 6.37. The average molecular weight is 438 g/mol. The molecule has 4 N–H and O–H groups in total. The fraction of sp³-hybridized carbons (Fsp3) is 0.333. The van der Waals surface area contributed by atoms with Crippen LogP contribution in [0.5, 0.6) is 11.5 Å². The molecule has 0 heterocycles. The number of hydrogen-bond acceptors (Lipinski definition) is 4. The molecule has 0 aromatic heterocycles. The molecule has 2 aromatic rings. The highest BCUT2D eigenvalue weighted by atomic mass is 35.5. The monoisotopic (exact) mass is 436 g/mol. The van der Waals surface area contributed by atoms with E-state index in [0.29, 0.717) is 32.9 Å². The van der Waals surface area contributed by atoms with Crippen LogP contribution in [-0.4, -0.2) is 24.3 Å². The van der Waals surface area contributed by atoms with Crippen LogP contribution in [0.4, 0.5) is 0 Å². The molecule has 0 radical (unpaired) electrons. The van der Waals surface area contributed by atoms with E-state index in [1.54, 1.807) is 0 Å². The van der Waals surface area contributed by atoms with Gasteiger partial charge in [0.2, 0.25) is 0 Å². The smallest absolute Gasteiger partial charge is 0.118 e. The number of nitrogens with one attached hydrogen (secondary N) is 2. The second kappa shape index (κ2) is 9.36. The maximum atomic E-state index is 9.61. The van der Waals surface area contributed by atoms with E-state index in [1.165, 1.54) is 24.3 Å². The molecule has 142 valence electrons. The normalized spacial score (nSPS) is 13.6. The second-order valence-electron chi connectivity index (χ2n) is 5.91. The van der Waals surface area contributed by atoms with E-state index in [1.807, 2.05) is 14.1 Å². The first-order chi connectivity index (χ1) is 12.3. The zero-order chi connectivity index (χ0) is 19.4. The SMILES string of the molecule is CNC(CCC(NC)c1c(Cl)cc(O)cc1Cl)c1c(Cl)cc(O)cc1Cl. The van der Waals surface area contributed by atoms with Gasteiger partial charge in [0.05, 0.1) is 20.1 Å². The van der Waals surface area contributed by atoms with E-state index in [-0.39, 0.29) is 23.6 Å². The lowest BCUT2D eigenvalue weighted by Gasteiger charge is -2.24. The van der Waals surface area contributed by atoms with Gasteiger partial charge in [-0.05, 0) is 51.2 Å². The standard InChI is InChI=1S/C18H20Cl4N2O2/c1-23-15(17-11(19)5-9(25)6-12(17)20)3-4-16(24-2)18-13(21)7-10(26)8-14(18)22/h5-8,15-16,23-26H,3-4H2,1-2H3. The van der Waals surface area contributed by atoms with E-state index in [9.17, 15) is 10.2 Å². The Morgan fingerprint density at radius 2 is 0.962 bits per heavy atom. The summed E-state index contributed by atoms with van der Waals surface area (Å²) in [6.07, 6.45) is 1.36. The molecule has 2 unspecified atom stereocenters. The molecule has 0 fully saturated rings. The van der Waals surface area contributed by atoms with Crippen LogP contribution in [0.15, 0.2) is 24.3 Å². The van der Waals surface area contributed by atoms with Crippen LogP contribution in [0.3, 0.4) is 0 Å². The summed E-state index contributed by atoms with van der Waals surface area (Å²) in [5, 5.41) is 27.2. The highest BCUT2D eigenvalue weighted by Crippen LogP contribution is 2.39. The molecule has 0 bridgehead atoms. The van der Waals surface area contributed by atoms with Crippen LogP contribution >= 0.6 is 46.4 Å². The quantitative estimate of drug-likeness (QED) is 0.447. The molecule has 26 heavy (non-hydrogen) atoms. The summed E-state index contributed by atoms with van der Waals surface area (Å²) in [6, 6.07) is 5.63. The van der Waals surface area contributed by atoms with Gasteiger partial charge in [-0.15, -0.1) is 0 Å². The van der Waals surface area contributed by atoms with Crippen LogP contribution < -0.4 is 10.6 Å². The molecule has 2 atom stereocenters. The van der Waals surface area contributed by atoms with Gasteiger partial charge in [0, 0.05) is 23.2 Å². The van der Waals surface area contributed by atoms with Gasteiger partial charge in [-0.1, -0.05) is 46.4 Å². The zero-order valence-corrected chi connectivity index (χ0v) is 17.3. The van der Waals surface area contributed by atoms with Gasteiger partial charge in [-0.2, -0.15) is 0 Å².